The van der Waals surface area contributed by atoms with Crippen molar-refractivity contribution in [2.24, 2.45) is 10.9 Å². The van der Waals surface area contributed by atoms with E-state index in [1.165, 1.54) is 18.2 Å². The number of guanidine groups is 1. The molecule has 1 fully saturated rings. The lowest BCUT2D eigenvalue weighted by Gasteiger charge is -2.26. The Morgan fingerprint density at radius 2 is 2.03 bits per heavy atom. The van der Waals surface area contributed by atoms with Crippen LogP contribution >= 0.6 is 0 Å². The minimum Gasteiger partial charge on any atom is -0.382 e. The molecule has 0 spiro atoms. The Bertz CT molecular complexity index is 637. The second-order valence-corrected chi connectivity index (χ2v) is 7.48. The molecule has 0 bridgehead atoms. The van der Waals surface area contributed by atoms with Crippen LogP contribution in [0.4, 0.5) is 8.78 Å². The third-order valence-corrected chi connectivity index (χ3v) is 5.08. The fourth-order valence-electron chi connectivity index (χ4n) is 3.49. The van der Waals surface area contributed by atoms with Gasteiger partial charge in [-0.3, -0.25) is 4.99 Å². The molecule has 0 radical (unpaired) electrons. The third kappa shape index (κ3) is 6.90. The first-order valence-electron chi connectivity index (χ1n) is 10.2. The minimum absolute atomic E-state index is 0.0583. The maximum absolute atomic E-state index is 14.3. The zero-order valence-electron chi connectivity index (χ0n) is 18.0. The van der Waals surface area contributed by atoms with E-state index in [4.69, 9.17) is 14.5 Å². The lowest BCUT2D eigenvalue weighted by Crippen LogP contribution is -2.41. The Hall–Kier alpha value is -1.77. The third-order valence-electron chi connectivity index (χ3n) is 5.08. The molecule has 2 atom stereocenters. The van der Waals surface area contributed by atoms with Crippen molar-refractivity contribution in [1.29, 1.82) is 0 Å². The zero-order chi connectivity index (χ0) is 21.2. The van der Waals surface area contributed by atoms with Crippen LogP contribution in [0.3, 0.4) is 0 Å². The summed E-state index contributed by atoms with van der Waals surface area (Å²) in [4.78, 5) is 8.70. The molecule has 0 aliphatic carbocycles. The number of nitrogens with zero attached hydrogens (tertiary/aromatic N) is 3. The normalized spacial score (nSPS) is 18.5. The number of ether oxygens (including phenoxy) is 2. The highest BCUT2D eigenvalue weighted by atomic mass is 19.1. The molecule has 0 saturated carbocycles. The molecule has 0 aromatic heterocycles. The molecule has 1 N–H and O–H groups in total. The van der Waals surface area contributed by atoms with Gasteiger partial charge in [0.05, 0.1) is 32.4 Å². The van der Waals surface area contributed by atoms with E-state index < -0.39 is 17.7 Å². The number of halogens is 2. The molecule has 164 valence electrons. The van der Waals surface area contributed by atoms with Crippen LogP contribution in [0.2, 0.25) is 0 Å². The summed E-state index contributed by atoms with van der Waals surface area (Å²) in [6.07, 6.45) is 1.02. The molecule has 0 amide bonds. The van der Waals surface area contributed by atoms with Crippen molar-refractivity contribution in [3.05, 3.63) is 35.4 Å². The lowest BCUT2D eigenvalue weighted by molar-refractivity contribution is 0.0536. The first-order chi connectivity index (χ1) is 14.0. The van der Waals surface area contributed by atoms with Gasteiger partial charge in [0.25, 0.3) is 0 Å². The summed E-state index contributed by atoms with van der Waals surface area (Å²) in [5, 5.41) is 3.31. The molecule has 1 saturated heterocycles. The Balaban J connectivity index is 2.05. The van der Waals surface area contributed by atoms with Crippen LogP contribution in [0.1, 0.15) is 24.9 Å². The Kier molecular flexibility index (Phi) is 9.76. The minimum atomic E-state index is -0.543. The number of likely N-dealkylation sites (tertiary alicyclic amines) is 1. The van der Waals surface area contributed by atoms with Crippen LogP contribution < -0.4 is 5.32 Å². The van der Waals surface area contributed by atoms with Crippen LogP contribution in [0.5, 0.6) is 0 Å². The Morgan fingerprint density at radius 1 is 1.31 bits per heavy atom. The van der Waals surface area contributed by atoms with Crippen LogP contribution in [0.15, 0.2) is 23.2 Å². The highest BCUT2D eigenvalue weighted by molar-refractivity contribution is 5.80. The first kappa shape index (κ1) is 23.5. The van der Waals surface area contributed by atoms with Gasteiger partial charge in [0.15, 0.2) is 5.96 Å². The van der Waals surface area contributed by atoms with Gasteiger partial charge in [0, 0.05) is 38.2 Å². The van der Waals surface area contributed by atoms with Gasteiger partial charge < -0.3 is 24.6 Å². The van der Waals surface area contributed by atoms with Gasteiger partial charge in [-0.25, -0.2) is 8.78 Å². The summed E-state index contributed by atoms with van der Waals surface area (Å²) in [7, 11) is 5.28. The number of benzene rings is 1. The number of aliphatic imine (C=N–C) groups is 1. The van der Waals surface area contributed by atoms with Crippen LogP contribution in [0.25, 0.3) is 0 Å². The fraction of sp³-hybridized carbons (Fsp3) is 0.667. The van der Waals surface area contributed by atoms with Crippen molar-refractivity contribution in [2.75, 3.05) is 67.2 Å². The average molecular weight is 413 g/mol. The SMILES string of the molecule is CCNC(=NCC(c1c(F)cccc1F)N(C)C)N1CCC(COCCOC)C1. The van der Waals surface area contributed by atoms with Crippen molar-refractivity contribution >= 4 is 5.96 Å². The van der Waals surface area contributed by atoms with Gasteiger partial charge in [0.2, 0.25) is 0 Å². The van der Waals surface area contributed by atoms with Crippen molar-refractivity contribution < 1.29 is 18.3 Å². The van der Waals surface area contributed by atoms with E-state index in [0.717, 1.165) is 32.0 Å². The zero-order valence-corrected chi connectivity index (χ0v) is 18.0. The number of methoxy groups -OCH3 is 1. The van der Waals surface area contributed by atoms with Crippen LogP contribution in [-0.4, -0.2) is 83.0 Å². The van der Waals surface area contributed by atoms with Crippen LogP contribution in [-0.2, 0) is 9.47 Å². The van der Waals surface area contributed by atoms with Crippen molar-refractivity contribution in [1.82, 2.24) is 15.1 Å². The fourth-order valence-corrected chi connectivity index (χ4v) is 3.49. The van der Waals surface area contributed by atoms with E-state index in [0.29, 0.717) is 25.7 Å². The van der Waals surface area contributed by atoms with E-state index >= 15 is 0 Å². The summed E-state index contributed by atoms with van der Waals surface area (Å²) < 4.78 is 39.3. The maximum Gasteiger partial charge on any atom is 0.193 e. The van der Waals surface area contributed by atoms with Crippen molar-refractivity contribution in [3.63, 3.8) is 0 Å². The summed E-state index contributed by atoms with van der Waals surface area (Å²) in [6.45, 7) is 6.61. The van der Waals surface area contributed by atoms with E-state index in [1.807, 2.05) is 21.0 Å². The largest absolute Gasteiger partial charge is 0.382 e. The number of hydrogen-bond acceptors (Lipinski definition) is 4. The molecule has 1 aliphatic heterocycles. The summed E-state index contributed by atoms with van der Waals surface area (Å²) in [6, 6.07) is 3.48. The average Bonchev–Trinajstić information content (AvgIpc) is 3.15. The first-order valence-corrected chi connectivity index (χ1v) is 10.2. The number of hydrogen-bond donors (Lipinski definition) is 1. The molecule has 29 heavy (non-hydrogen) atoms. The highest BCUT2D eigenvalue weighted by Crippen LogP contribution is 2.25. The summed E-state index contributed by atoms with van der Waals surface area (Å²) in [5.74, 6) is 0.122. The molecule has 2 unspecified atom stereocenters. The summed E-state index contributed by atoms with van der Waals surface area (Å²) >= 11 is 0. The number of nitrogens with one attached hydrogen (secondary N) is 1. The van der Waals surface area contributed by atoms with Gasteiger partial charge in [0.1, 0.15) is 11.6 Å². The maximum atomic E-state index is 14.3. The Labute approximate surface area is 172 Å². The molecule has 1 heterocycles. The second kappa shape index (κ2) is 12.0. The van der Waals surface area contributed by atoms with E-state index in [2.05, 4.69) is 10.2 Å². The number of rotatable bonds is 10. The predicted octanol–water partition coefficient (Wildman–Crippen LogP) is 2.52. The molecule has 2 rings (SSSR count). The highest BCUT2D eigenvalue weighted by Gasteiger charge is 2.26. The molecular formula is C21H34F2N4O2. The molecule has 1 aromatic rings. The monoisotopic (exact) mass is 412 g/mol. The molecular weight excluding hydrogens is 378 g/mol. The quantitative estimate of drug-likeness (QED) is 0.364. The van der Waals surface area contributed by atoms with E-state index in [9.17, 15) is 8.78 Å². The van der Waals surface area contributed by atoms with Crippen molar-refractivity contribution in [3.8, 4) is 0 Å². The van der Waals surface area contributed by atoms with Gasteiger partial charge in [-0.2, -0.15) is 0 Å². The molecule has 1 aromatic carbocycles. The molecule has 8 heteroatoms. The standard InChI is InChI=1S/C21H34F2N4O2/c1-5-24-21(27-10-9-16(14-27)15-29-12-11-28-4)25-13-19(26(2)3)20-17(22)7-6-8-18(20)23/h6-8,16,19H,5,9-15H2,1-4H3,(H,24,25). The van der Waals surface area contributed by atoms with E-state index in [-0.39, 0.29) is 12.1 Å². The smallest absolute Gasteiger partial charge is 0.193 e. The van der Waals surface area contributed by atoms with Gasteiger partial charge >= 0.3 is 0 Å². The van der Waals surface area contributed by atoms with Gasteiger partial charge in [-0.15, -0.1) is 0 Å². The second-order valence-electron chi connectivity index (χ2n) is 7.48. The summed E-state index contributed by atoms with van der Waals surface area (Å²) in [5.41, 5.74) is 0.0583. The van der Waals surface area contributed by atoms with Crippen molar-refractivity contribution in [2.45, 2.75) is 19.4 Å². The predicted molar refractivity (Wildman–Crippen MR) is 111 cm³/mol. The van der Waals surface area contributed by atoms with Crippen LogP contribution in [0, 0.1) is 17.6 Å². The number of likely N-dealkylation sites (N-methyl/N-ethyl adjacent to an activating group) is 1. The molecule has 1 aliphatic rings. The van der Waals surface area contributed by atoms with Gasteiger partial charge in [-0.05, 0) is 39.6 Å². The lowest BCUT2D eigenvalue weighted by atomic mass is 10.0. The van der Waals surface area contributed by atoms with Gasteiger partial charge in [-0.1, -0.05) is 6.07 Å². The topological polar surface area (TPSA) is 49.3 Å². The molecule has 6 nitrogen and oxygen atoms in total. The van der Waals surface area contributed by atoms with E-state index in [1.54, 1.807) is 12.0 Å². The Morgan fingerprint density at radius 3 is 2.66 bits per heavy atom.